The van der Waals surface area contributed by atoms with E-state index in [0.29, 0.717) is 5.69 Å². The van der Waals surface area contributed by atoms with Gasteiger partial charge in [-0.2, -0.15) is 0 Å². The van der Waals surface area contributed by atoms with Crippen LogP contribution in [0.5, 0.6) is 11.5 Å². The zero-order chi connectivity index (χ0) is 19.6. The molecule has 0 fully saturated rings. The summed E-state index contributed by atoms with van der Waals surface area (Å²) in [5.41, 5.74) is 0.686. The molecule has 0 saturated carbocycles. The van der Waals surface area contributed by atoms with Crippen molar-refractivity contribution in [1.82, 2.24) is 0 Å². The number of hydrogen-bond acceptors (Lipinski definition) is 3. The van der Waals surface area contributed by atoms with Crippen LogP contribution in [0.25, 0.3) is 0 Å². The predicted molar refractivity (Wildman–Crippen MR) is 117 cm³/mol. The van der Waals surface area contributed by atoms with Crippen LogP contribution in [0.4, 0.5) is 5.69 Å². The van der Waals surface area contributed by atoms with E-state index in [0.717, 1.165) is 6.42 Å². The zero-order valence-corrected chi connectivity index (χ0v) is 17.5. The molecule has 0 amide bonds. The molecule has 1 aromatic rings. The normalized spacial score (nSPS) is 11.4. The third kappa shape index (κ3) is 13.3. The predicted octanol–water partition coefficient (Wildman–Crippen LogP) is 8.06. The lowest BCUT2D eigenvalue weighted by atomic mass is 10.0. The Bertz CT molecular complexity index is 499. The molecule has 0 unspecified atom stereocenters. The number of nitrogens with zero attached hydrogens (tertiary/aromatic N) is 1. The van der Waals surface area contributed by atoms with E-state index in [-0.39, 0.29) is 11.5 Å². The molecule has 0 saturated heterocycles. The first kappa shape index (κ1) is 23.5. The minimum absolute atomic E-state index is 0.101. The monoisotopic (exact) mass is 375 g/mol. The fourth-order valence-electron chi connectivity index (χ4n) is 3.37. The summed E-state index contributed by atoms with van der Waals surface area (Å²) >= 11 is 0. The van der Waals surface area contributed by atoms with Crippen molar-refractivity contribution in [2.24, 2.45) is 4.99 Å². The van der Waals surface area contributed by atoms with Gasteiger partial charge in [-0.15, -0.1) is 0 Å². The maximum atomic E-state index is 9.42. The van der Waals surface area contributed by atoms with Crippen LogP contribution in [-0.4, -0.2) is 16.4 Å². The quantitative estimate of drug-likeness (QED) is 0.164. The van der Waals surface area contributed by atoms with Gasteiger partial charge in [-0.1, -0.05) is 96.8 Å². The first-order valence-electron chi connectivity index (χ1n) is 11.3. The van der Waals surface area contributed by atoms with Crippen LogP contribution in [0.3, 0.4) is 0 Å². The highest BCUT2D eigenvalue weighted by molar-refractivity contribution is 5.64. The number of phenols is 2. The van der Waals surface area contributed by atoms with Crippen LogP contribution in [0.15, 0.2) is 23.2 Å². The molecule has 0 aliphatic heterocycles. The summed E-state index contributed by atoms with van der Waals surface area (Å²) in [5.74, 6) is -0.215. The van der Waals surface area contributed by atoms with E-state index >= 15 is 0 Å². The molecule has 0 aliphatic carbocycles. The Morgan fingerprint density at radius 2 is 1.15 bits per heavy atom. The van der Waals surface area contributed by atoms with Crippen molar-refractivity contribution in [2.45, 2.75) is 110 Å². The third-order valence-corrected chi connectivity index (χ3v) is 5.14. The zero-order valence-electron chi connectivity index (χ0n) is 17.5. The Hall–Kier alpha value is -1.51. The molecule has 3 nitrogen and oxygen atoms in total. The van der Waals surface area contributed by atoms with Crippen LogP contribution in [0, 0.1) is 0 Å². The summed E-state index contributed by atoms with van der Waals surface area (Å²) in [7, 11) is 0. The van der Waals surface area contributed by atoms with Crippen molar-refractivity contribution < 1.29 is 10.2 Å². The minimum Gasteiger partial charge on any atom is -0.504 e. The van der Waals surface area contributed by atoms with Crippen LogP contribution < -0.4 is 0 Å². The molecule has 0 aliphatic rings. The first-order valence-corrected chi connectivity index (χ1v) is 11.3. The van der Waals surface area contributed by atoms with Crippen molar-refractivity contribution in [3.8, 4) is 11.5 Å². The standard InChI is InChI=1S/C24H41NO2/c1-2-3-4-5-6-7-8-9-10-11-12-13-14-15-16-17-20-25-22-18-19-23(26)24(27)21-22/h18-21,26-27H,2-17H2,1H3/b25-20-. The summed E-state index contributed by atoms with van der Waals surface area (Å²) in [5, 5.41) is 18.7. The van der Waals surface area contributed by atoms with Gasteiger partial charge in [0.15, 0.2) is 11.5 Å². The van der Waals surface area contributed by atoms with Gasteiger partial charge in [0.05, 0.1) is 5.69 Å². The molecule has 0 bridgehead atoms. The lowest BCUT2D eigenvalue weighted by Crippen LogP contribution is -1.84. The van der Waals surface area contributed by atoms with E-state index < -0.39 is 0 Å². The Labute approximate surface area is 166 Å². The molecule has 0 spiro atoms. The minimum atomic E-state index is -0.114. The van der Waals surface area contributed by atoms with E-state index in [9.17, 15) is 10.2 Å². The lowest BCUT2D eigenvalue weighted by Gasteiger charge is -2.03. The van der Waals surface area contributed by atoms with Gasteiger partial charge >= 0.3 is 0 Å². The number of aliphatic imine (C=N–C) groups is 1. The van der Waals surface area contributed by atoms with E-state index in [2.05, 4.69) is 11.9 Å². The van der Waals surface area contributed by atoms with Gasteiger partial charge in [0, 0.05) is 12.3 Å². The van der Waals surface area contributed by atoms with E-state index in [1.54, 1.807) is 6.07 Å². The number of rotatable bonds is 17. The molecule has 0 atom stereocenters. The number of benzene rings is 1. The van der Waals surface area contributed by atoms with Crippen LogP contribution in [-0.2, 0) is 0 Å². The van der Waals surface area contributed by atoms with Crippen molar-refractivity contribution in [3.63, 3.8) is 0 Å². The Kier molecular flexibility index (Phi) is 14.5. The Morgan fingerprint density at radius 1 is 0.667 bits per heavy atom. The van der Waals surface area contributed by atoms with Crippen molar-refractivity contribution in [3.05, 3.63) is 18.2 Å². The molecule has 3 heteroatoms. The van der Waals surface area contributed by atoms with E-state index in [4.69, 9.17) is 0 Å². The third-order valence-electron chi connectivity index (χ3n) is 5.14. The smallest absolute Gasteiger partial charge is 0.159 e. The topological polar surface area (TPSA) is 52.8 Å². The highest BCUT2D eigenvalue weighted by atomic mass is 16.3. The molecular formula is C24H41NO2. The average molecular weight is 376 g/mol. The molecule has 154 valence electrons. The first-order chi connectivity index (χ1) is 13.2. The van der Waals surface area contributed by atoms with Crippen molar-refractivity contribution >= 4 is 11.9 Å². The number of unbranched alkanes of at least 4 members (excludes halogenated alkanes) is 15. The SMILES string of the molecule is CCCCCCCCCCCCCCCCC/C=N\c1ccc(O)c(O)c1. The molecular weight excluding hydrogens is 334 g/mol. The summed E-state index contributed by atoms with van der Waals surface area (Å²) in [6.07, 6.45) is 23.6. The van der Waals surface area contributed by atoms with E-state index in [1.165, 1.54) is 108 Å². The molecule has 2 N–H and O–H groups in total. The summed E-state index contributed by atoms with van der Waals surface area (Å²) in [6, 6.07) is 4.66. The van der Waals surface area contributed by atoms with Crippen molar-refractivity contribution in [1.29, 1.82) is 0 Å². The number of phenolic OH excluding ortho intramolecular Hbond substituents is 2. The average Bonchev–Trinajstić information content (AvgIpc) is 2.67. The second kappa shape index (κ2) is 16.6. The van der Waals surface area contributed by atoms with Crippen LogP contribution in [0.1, 0.15) is 110 Å². The van der Waals surface area contributed by atoms with Gasteiger partial charge in [0.1, 0.15) is 0 Å². The maximum absolute atomic E-state index is 9.42. The molecule has 27 heavy (non-hydrogen) atoms. The summed E-state index contributed by atoms with van der Waals surface area (Å²) in [6.45, 7) is 2.28. The Morgan fingerprint density at radius 3 is 1.63 bits per heavy atom. The van der Waals surface area contributed by atoms with Gasteiger partial charge < -0.3 is 10.2 Å². The van der Waals surface area contributed by atoms with Gasteiger partial charge in [0.2, 0.25) is 0 Å². The summed E-state index contributed by atoms with van der Waals surface area (Å²) < 4.78 is 0. The molecule has 0 heterocycles. The largest absolute Gasteiger partial charge is 0.504 e. The fourth-order valence-corrected chi connectivity index (χ4v) is 3.37. The van der Waals surface area contributed by atoms with Crippen LogP contribution >= 0.6 is 0 Å². The maximum Gasteiger partial charge on any atom is 0.159 e. The summed E-state index contributed by atoms with van der Waals surface area (Å²) in [4.78, 5) is 4.32. The molecule has 0 aromatic heterocycles. The number of hydrogen-bond donors (Lipinski definition) is 2. The fraction of sp³-hybridized carbons (Fsp3) is 0.708. The van der Waals surface area contributed by atoms with Gasteiger partial charge in [-0.25, -0.2) is 0 Å². The van der Waals surface area contributed by atoms with E-state index in [1.807, 2.05) is 6.21 Å². The second-order valence-corrected chi connectivity index (χ2v) is 7.72. The number of aromatic hydroxyl groups is 2. The van der Waals surface area contributed by atoms with Gasteiger partial charge in [0.25, 0.3) is 0 Å². The van der Waals surface area contributed by atoms with Crippen LogP contribution in [0.2, 0.25) is 0 Å². The molecule has 1 aromatic carbocycles. The highest BCUT2D eigenvalue weighted by Crippen LogP contribution is 2.28. The molecule has 0 radical (unpaired) electrons. The lowest BCUT2D eigenvalue weighted by molar-refractivity contribution is 0.404. The van der Waals surface area contributed by atoms with Crippen molar-refractivity contribution in [2.75, 3.05) is 0 Å². The second-order valence-electron chi connectivity index (χ2n) is 7.72. The highest BCUT2D eigenvalue weighted by Gasteiger charge is 1.98. The molecule has 1 rings (SSSR count). The van der Waals surface area contributed by atoms with Gasteiger partial charge in [-0.05, 0) is 25.0 Å². The van der Waals surface area contributed by atoms with Gasteiger partial charge in [-0.3, -0.25) is 4.99 Å². The Balaban J connectivity index is 1.82.